The smallest absolute Gasteiger partial charge is 0.0574 e. The van der Waals surface area contributed by atoms with E-state index in [9.17, 15) is 5.11 Å². The van der Waals surface area contributed by atoms with Crippen LogP contribution < -0.4 is 0 Å². The Morgan fingerprint density at radius 3 is 3.00 bits per heavy atom. The Morgan fingerprint density at radius 1 is 1.18 bits per heavy atom. The fraction of sp³-hybridized carbons (Fsp3) is 0.800. The van der Waals surface area contributed by atoms with Crippen molar-refractivity contribution < 1.29 is 5.11 Å². The van der Waals surface area contributed by atoms with Crippen molar-refractivity contribution in [3.63, 3.8) is 0 Å². The summed E-state index contributed by atoms with van der Waals surface area (Å²) in [6, 6.07) is 0. The molecule has 0 unspecified atom stereocenters. The first kappa shape index (κ1) is 6.24. The van der Waals surface area contributed by atoms with Crippen molar-refractivity contribution in [1.82, 2.24) is 0 Å². The average Bonchev–Trinajstić information content (AvgIpc) is 2.52. The van der Waals surface area contributed by atoms with Gasteiger partial charge in [-0.15, -0.1) is 0 Å². The van der Waals surface area contributed by atoms with Gasteiger partial charge < -0.3 is 5.11 Å². The standard InChI is InChI=1S/C10H14O/c11-10-5-6-4-9(10)8-3-1-2-7(6)8/h1-2,6-11H,3-5H2/t6-,7+,8-,9-,10-/m1/s1. The van der Waals surface area contributed by atoms with Gasteiger partial charge in [0.2, 0.25) is 0 Å². The van der Waals surface area contributed by atoms with Crippen molar-refractivity contribution in [2.45, 2.75) is 25.4 Å². The van der Waals surface area contributed by atoms with E-state index in [-0.39, 0.29) is 6.10 Å². The fourth-order valence-electron chi connectivity index (χ4n) is 3.52. The van der Waals surface area contributed by atoms with E-state index in [1.165, 1.54) is 12.8 Å². The Hall–Kier alpha value is -0.300. The molecular formula is C10H14O. The quantitative estimate of drug-likeness (QED) is 0.520. The molecule has 3 aliphatic carbocycles. The van der Waals surface area contributed by atoms with Gasteiger partial charge in [0.15, 0.2) is 0 Å². The largest absolute Gasteiger partial charge is 0.393 e. The summed E-state index contributed by atoms with van der Waals surface area (Å²) in [6.07, 6.45) is 8.37. The average molecular weight is 150 g/mol. The maximum absolute atomic E-state index is 9.64. The van der Waals surface area contributed by atoms with Crippen LogP contribution in [-0.2, 0) is 0 Å². The number of allylic oxidation sites excluding steroid dienone is 2. The van der Waals surface area contributed by atoms with E-state index < -0.39 is 0 Å². The molecule has 0 aliphatic heterocycles. The molecule has 0 aromatic carbocycles. The molecule has 3 aliphatic rings. The Kier molecular flexibility index (Phi) is 1.07. The van der Waals surface area contributed by atoms with E-state index >= 15 is 0 Å². The van der Waals surface area contributed by atoms with Crippen LogP contribution in [0.15, 0.2) is 12.2 Å². The molecule has 0 spiro atoms. The lowest BCUT2D eigenvalue weighted by atomic mass is 9.80. The lowest BCUT2D eigenvalue weighted by Gasteiger charge is -2.27. The first-order valence-corrected chi connectivity index (χ1v) is 4.71. The second kappa shape index (κ2) is 1.89. The summed E-state index contributed by atoms with van der Waals surface area (Å²) in [5, 5.41) is 9.64. The summed E-state index contributed by atoms with van der Waals surface area (Å²) in [5.41, 5.74) is 0. The summed E-state index contributed by atoms with van der Waals surface area (Å²) < 4.78 is 0. The van der Waals surface area contributed by atoms with Crippen LogP contribution in [0.25, 0.3) is 0 Å². The first-order chi connectivity index (χ1) is 5.36. The highest BCUT2D eigenvalue weighted by Gasteiger charge is 2.51. The third kappa shape index (κ3) is 0.652. The van der Waals surface area contributed by atoms with Crippen LogP contribution in [0.4, 0.5) is 0 Å². The fourth-order valence-corrected chi connectivity index (χ4v) is 3.52. The molecule has 0 heterocycles. The molecule has 60 valence electrons. The normalized spacial score (nSPS) is 58.8. The minimum atomic E-state index is 0.0427. The van der Waals surface area contributed by atoms with E-state index in [2.05, 4.69) is 12.2 Å². The number of hydrogen-bond donors (Lipinski definition) is 1. The van der Waals surface area contributed by atoms with Crippen LogP contribution in [0.3, 0.4) is 0 Å². The van der Waals surface area contributed by atoms with Gasteiger partial charge in [0.05, 0.1) is 6.10 Å². The lowest BCUT2D eigenvalue weighted by molar-refractivity contribution is 0.0697. The molecule has 11 heavy (non-hydrogen) atoms. The van der Waals surface area contributed by atoms with E-state index in [0.29, 0.717) is 5.92 Å². The van der Waals surface area contributed by atoms with Crippen molar-refractivity contribution in [2.24, 2.45) is 23.7 Å². The number of aliphatic hydroxyl groups is 1. The molecular weight excluding hydrogens is 136 g/mol. The van der Waals surface area contributed by atoms with E-state index in [1.807, 2.05) is 0 Å². The number of aliphatic hydroxyl groups excluding tert-OH is 1. The van der Waals surface area contributed by atoms with Gasteiger partial charge in [0.25, 0.3) is 0 Å². The van der Waals surface area contributed by atoms with E-state index in [0.717, 1.165) is 24.2 Å². The third-order valence-electron chi connectivity index (χ3n) is 3.97. The van der Waals surface area contributed by atoms with Crippen LogP contribution >= 0.6 is 0 Å². The zero-order valence-electron chi connectivity index (χ0n) is 6.61. The van der Waals surface area contributed by atoms with Crippen molar-refractivity contribution in [3.8, 4) is 0 Å². The highest BCUT2D eigenvalue weighted by atomic mass is 16.3. The molecule has 1 N–H and O–H groups in total. The predicted molar refractivity (Wildman–Crippen MR) is 43.0 cm³/mol. The monoisotopic (exact) mass is 150 g/mol. The van der Waals surface area contributed by atoms with Gasteiger partial charge in [-0.05, 0) is 42.9 Å². The van der Waals surface area contributed by atoms with Gasteiger partial charge in [-0.2, -0.15) is 0 Å². The van der Waals surface area contributed by atoms with Crippen molar-refractivity contribution in [1.29, 1.82) is 0 Å². The van der Waals surface area contributed by atoms with Gasteiger partial charge in [-0.3, -0.25) is 0 Å². The lowest BCUT2D eigenvalue weighted by Crippen LogP contribution is -2.27. The summed E-state index contributed by atoms with van der Waals surface area (Å²) >= 11 is 0. The molecule has 0 saturated heterocycles. The molecule has 0 aromatic rings. The van der Waals surface area contributed by atoms with Crippen LogP contribution in [0, 0.1) is 23.7 Å². The first-order valence-electron chi connectivity index (χ1n) is 4.71. The molecule has 5 atom stereocenters. The minimum Gasteiger partial charge on any atom is -0.393 e. The third-order valence-corrected chi connectivity index (χ3v) is 3.97. The van der Waals surface area contributed by atoms with Crippen molar-refractivity contribution in [2.75, 3.05) is 0 Å². The van der Waals surface area contributed by atoms with Gasteiger partial charge in [-0.25, -0.2) is 0 Å². The predicted octanol–water partition coefficient (Wildman–Crippen LogP) is 1.58. The summed E-state index contributed by atoms with van der Waals surface area (Å²) in [5.74, 6) is 3.16. The van der Waals surface area contributed by atoms with Crippen molar-refractivity contribution in [3.05, 3.63) is 12.2 Å². The molecule has 0 amide bonds. The number of rotatable bonds is 0. The van der Waals surface area contributed by atoms with Gasteiger partial charge in [0, 0.05) is 0 Å². The van der Waals surface area contributed by atoms with Crippen LogP contribution in [0.1, 0.15) is 19.3 Å². The summed E-state index contributed by atoms with van der Waals surface area (Å²) in [7, 11) is 0. The van der Waals surface area contributed by atoms with Crippen LogP contribution in [-0.4, -0.2) is 11.2 Å². The Morgan fingerprint density at radius 2 is 2.09 bits per heavy atom. The molecule has 2 fully saturated rings. The Labute approximate surface area is 67.1 Å². The Balaban J connectivity index is 1.94. The van der Waals surface area contributed by atoms with Gasteiger partial charge >= 0.3 is 0 Å². The Bertz CT molecular complexity index is 209. The van der Waals surface area contributed by atoms with E-state index in [4.69, 9.17) is 0 Å². The molecule has 3 rings (SSSR count). The highest BCUT2D eigenvalue weighted by Crippen LogP contribution is 2.56. The second-order valence-electron chi connectivity index (χ2n) is 4.37. The minimum absolute atomic E-state index is 0.0427. The zero-order valence-corrected chi connectivity index (χ0v) is 6.61. The number of fused-ring (bicyclic) bond motifs is 5. The molecule has 2 bridgehead atoms. The van der Waals surface area contributed by atoms with Crippen LogP contribution in [0.5, 0.6) is 0 Å². The van der Waals surface area contributed by atoms with Crippen molar-refractivity contribution >= 4 is 0 Å². The maximum Gasteiger partial charge on any atom is 0.0574 e. The molecule has 0 radical (unpaired) electrons. The zero-order chi connectivity index (χ0) is 7.42. The molecule has 1 nitrogen and oxygen atoms in total. The topological polar surface area (TPSA) is 20.2 Å². The van der Waals surface area contributed by atoms with Crippen LogP contribution in [0.2, 0.25) is 0 Å². The molecule has 2 saturated carbocycles. The molecule has 1 heteroatoms. The summed E-state index contributed by atoms with van der Waals surface area (Å²) in [4.78, 5) is 0. The van der Waals surface area contributed by atoms with E-state index in [1.54, 1.807) is 0 Å². The number of hydrogen-bond acceptors (Lipinski definition) is 1. The van der Waals surface area contributed by atoms with Gasteiger partial charge in [0.1, 0.15) is 0 Å². The molecule has 0 aromatic heterocycles. The second-order valence-corrected chi connectivity index (χ2v) is 4.37. The highest BCUT2D eigenvalue weighted by molar-refractivity contribution is 5.14. The van der Waals surface area contributed by atoms with Gasteiger partial charge in [-0.1, -0.05) is 12.2 Å². The summed E-state index contributed by atoms with van der Waals surface area (Å²) in [6.45, 7) is 0. The maximum atomic E-state index is 9.64. The SMILES string of the molecule is O[C@@H]1C[C@H]2C[C@@H]1[C@@H]1CC=C[C@@H]21.